The van der Waals surface area contributed by atoms with Crippen LogP contribution in [0.5, 0.6) is 0 Å². The second-order valence-corrected chi connectivity index (χ2v) is 6.00. The fourth-order valence-corrected chi connectivity index (χ4v) is 2.50. The largest absolute Gasteiger partial charge is 0.501 e. The number of carbonyl (C=O) groups is 1. The van der Waals surface area contributed by atoms with Gasteiger partial charge in [0, 0.05) is 18.2 Å². The van der Waals surface area contributed by atoms with E-state index in [1.165, 1.54) is 0 Å². The first kappa shape index (κ1) is 19.6. The standard InChI is InChI=1S/C18H31NO4/c1-5-6-8-14(2)17(21-4)11-15(3)19-12-18(20)23-16-9-7-10-22-13-16/h11,14,16,19H,3,5-10,12-13H2,1-2,4H3/b17-11+/t14-,16+/m0/s1. The van der Waals surface area contributed by atoms with E-state index in [-0.39, 0.29) is 18.6 Å². The van der Waals surface area contributed by atoms with Crippen molar-refractivity contribution in [2.75, 3.05) is 26.9 Å². The number of carbonyl (C=O) groups excluding carboxylic acids is 1. The molecule has 23 heavy (non-hydrogen) atoms. The Kier molecular flexibility index (Phi) is 9.45. The van der Waals surface area contributed by atoms with Gasteiger partial charge in [-0.3, -0.25) is 4.79 Å². The van der Waals surface area contributed by atoms with E-state index in [9.17, 15) is 4.79 Å². The summed E-state index contributed by atoms with van der Waals surface area (Å²) in [5.41, 5.74) is 0.655. The maximum atomic E-state index is 11.8. The molecule has 5 nitrogen and oxygen atoms in total. The topological polar surface area (TPSA) is 56.8 Å². The normalized spacial score (nSPS) is 19.8. The number of esters is 1. The fourth-order valence-electron chi connectivity index (χ4n) is 2.50. The molecular weight excluding hydrogens is 294 g/mol. The Labute approximate surface area is 140 Å². The van der Waals surface area contributed by atoms with E-state index < -0.39 is 0 Å². The van der Waals surface area contributed by atoms with E-state index in [1.54, 1.807) is 7.11 Å². The minimum atomic E-state index is -0.284. The highest BCUT2D eigenvalue weighted by Gasteiger charge is 2.18. The molecule has 132 valence electrons. The van der Waals surface area contributed by atoms with Crippen molar-refractivity contribution < 1.29 is 19.0 Å². The first-order valence-electron chi connectivity index (χ1n) is 8.52. The molecule has 2 atom stereocenters. The number of ether oxygens (including phenoxy) is 3. The van der Waals surface area contributed by atoms with Crippen LogP contribution in [0.4, 0.5) is 0 Å². The molecule has 1 saturated heterocycles. The molecule has 5 heteroatoms. The molecule has 0 aromatic heterocycles. The highest BCUT2D eigenvalue weighted by atomic mass is 16.6. The first-order valence-corrected chi connectivity index (χ1v) is 8.52. The summed E-state index contributed by atoms with van der Waals surface area (Å²) in [4.78, 5) is 11.8. The molecule has 1 aliphatic heterocycles. The number of unbranched alkanes of at least 4 members (excludes halogenated alkanes) is 1. The van der Waals surface area contributed by atoms with Crippen LogP contribution in [0.2, 0.25) is 0 Å². The molecular formula is C18H31NO4. The van der Waals surface area contributed by atoms with Crippen molar-refractivity contribution in [1.82, 2.24) is 5.32 Å². The minimum absolute atomic E-state index is 0.103. The lowest BCUT2D eigenvalue weighted by Crippen LogP contribution is -2.32. The molecule has 1 fully saturated rings. The molecule has 1 rings (SSSR count). The van der Waals surface area contributed by atoms with Crippen LogP contribution >= 0.6 is 0 Å². The average Bonchev–Trinajstić information content (AvgIpc) is 2.56. The fraction of sp³-hybridized carbons (Fsp3) is 0.722. The van der Waals surface area contributed by atoms with Crippen molar-refractivity contribution in [1.29, 1.82) is 0 Å². The second-order valence-electron chi connectivity index (χ2n) is 6.00. The molecule has 0 spiro atoms. The number of nitrogens with one attached hydrogen (secondary N) is 1. The van der Waals surface area contributed by atoms with E-state index in [2.05, 4.69) is 25.7 Å². The second kappa shape index (κ2) is 11.1. The van der Waals surface area contributed by atoms with Crippen molar-refractivity contribution in [3.8, 4) is 0 Å². The van der Waals surface area contributed by atoms with Gasteiger partial charge in [-0.25, -0.2) is 0 Å². The number of allylic oxidation sites excluding steroid dienone is 2. The lowest BCUT2D eigenvalue weighted by Gasteiger charge is -2.22. The molecule has 0 aliphatic carbocycles. The Hall–Kier alpha value is -1.49. The molecule has 0 unspecified atom stereocenters. The van der Waals surface area contributed by atoms with Gasteiger partial charge in [0.05, 0.1) is 13.7 Å². The quantitative estimate of drug-likeness (QED) is 0.380. The third-order valence-electron chi connectivity index (χ3n) is 3.91. The Morgan fingerprint density at radius 3 is 2.91 bits per heavy atom. The van der Waals surface area contributed by atoms with Gasteiger partial charge in [0.15, 0.2) is 0 Å². The zero-order chi connectivity index (χ0) is 17.1. The maximum Gasteiger partial charge on any atom is 0.325 e. The predicted molar refractivity (Wildman–Crippen MR) is 90.9 cm³/mol. The zero-order valence-corrected chi connectivity index (χ0v) is 14.7. The van der Waals surface area contributed by atoms with Gasteiger partial charge in [-0.15, -0.1) is 0 Å². The molecule has 0 bridgehead atoms. The van der Waals surface area contributed by atoms with E-state index in [4.69, 9.17) is 14.2 Å². The van der Waals surface area contributed by atoms with Gasteiger partial charge in [0.1, 0.15) is 18.4 Å². The lowest BCUT2D eigenvalue weighted by molar-refractivity contribution is -0.153. The summed E-state index contributed by atoms with van der Waals surface area (Å²) in [6, 6.07) is 0. The molecule has 0 saturated carbocycles. The van der Waals surface area contributed by atoms with Gasteiger partial charge < -0.3 is 19.5 Å². The van der Waals surface area contributed by atoms with Gasteiger partial charge in [-0.2, -0.15) is 0 Å². The number of hydrogen-bond donors (Lipinski definition) is 1. The summed E-state index contributed by atoms with van der Waals surface area (Å²) in [7, 11) is 1.67. The Bertz CT molecular complexity index is 400. The molecule has 0 amide bonds. The Balaban J connectivity index is 2.35. The number of hydrogen-bond acceptors (Lipinski definition) is 5. The van der Waals surface area contributed by atoms with E-state index in [0.29, 0.717) is 18.2 Å². The van der Waals surface area contributed by atoms with E-state index in [1.807, 2.05) is 6.08 Å². The lowest BCUT2D eigenvalue weighted by atomic mass is 10.0. The summed E-state index contributed by atoms with van der Waals surface area (Å²) in [6.07, 6.45) is 6.95. The summed E-state index contributed by atoms with van der Waals surface area (Å²) >= 11 is 0. The predicted octanol–water partition coefficient (Wildman–Crippen LogP) is 3.17. The monoisotopic (exact) mass is 325 g/mol. The summed E-state index contributed by atoms with van der Waals surface area (Å²) in [6.45, 7) is 9.58. The van der Waals surface area contributed by atoms with Crippen LogP contribution in [0, 0.1) is 5.92 Å². The molecule has 0 aromatic carbocycles. The van der Waals surface area contributed by atoms with Crippen LogP contribution < -0.4 is 5.32 Å². The number of rotatable bonds is 10. The van der Waals surface area contributed by atoms with Gasteiger partial charge in [-0.05, 0) is 25.3 Å². The Morgan fingerprint density at radius 1 is 1.52 bits per heavy atom. The highest BCUT2D eigenvalue weighted by molar-refractivity contribution is 5.72. The summed E-state index contributed by atoms with van der Waals surface area (Å²) in [5, 5.41) is 2.98. The third-order valence-corrected chi connectivity index (χ3v) is 3.91. The van der Waals surface area contributed by atoms with Gasteiger partial charge in [0.25, 0.3) is 0 Å². The van der Waals surface area contributed by atoms with Crippen LogP contribution in [0.1, 0.15) is 46.0 Å². The van der Waals surface area contributed by atoms with E-state index >= 15 is 0 Å². The molecule has 0 aromatic rings. The van der Waals surface area contributed by atoms with Crippen molar-refractivity contribution >= 4 is 5.97 Å². The van der Waals surface area contributed by atoms with Gasteiger partial charge >= 0.3 is 5.97 Å². The van der Waals surface area contributed by atoms with Gasteiger partial charge in [0.2, 0.25) is 0 Å². The highest BCUT2D eigenvalue weighted by Crippen LogP contribution is 2.19. The summed E-state index contributed by atoms with van der Waals surface area (Å²) < 4.78 is 16.1. The minimum Gasteiger partial charge on any atom is -0.501 e. The van der Waals surface area contributed by atoms with Crippen molar-refractivity contribution in [2.24, 2.45) is 5.92 Å². The first-order chi connectivity index (χ1) is 11.1. The zero-order valence-electron chi connectivity index (χ0n) is 14.7. The molecule has 1 heterocycles. The Morgan fingerprint density at radius 2 is 2.30 bits per heavy atom. The molecule has 0 radical (unpaired) electrons. The average molecular weight is 325 g/mol. The van der Waals surface area contributed by atoms with Crippen LogP contribution in [0.25, 0.3) is 0 Å². The molecule has 1 N–H and O–H groups in total. The SMILES string of the molecule is C=C(/C=C(/OC)[C@@H](C)CCCC)NCC(=O)O[C@@H]1CCCOC1. The van der Waals surface area contributed by atoms with Crippen LogP contribution in [0.15, 0.2) is 24.1 Å². The smallest absolute Gasteiger partial charge is 0.325 e. The summed E-state index contributed by atoms with van der Waals surface area (Å²) in [5.74, 6) is 0.933. The van der Waals surface area contributed by atoms with Crippen molar-refractivity contribution in [3.05, 3.63) is 24.1 Å². The van der Waals surface area contributed by atoms with Crippen LogP contribution in [0.3, 0.4) is 0 Å². The van der Waals surface area contributed by atoms with E-state index in [0.717, 1.165) is 44.5 Å². The maximum absolute atomic E-state index is 11.8. The van der Waals surface area contributed by atoms with Crippen LogP contribution in [-0.2, 0) is 19.0 Å². The van der Waals surface area contributed by atoms with Gasteiger partial charge in [-0.1, -0.05) is 33.3 Å². The van der Waals surface area contributed by atoms with Crippen molar-refractivity contribution in [2.45, 2.75) is 52.1 Å². The third kappa shape index (κ3) is 8.07. The number of methoxy groups -OCH3 is 1. The van der Waals surface area contributed by atoms with Crippen molar-refractivity contribution in [3.63, 3.8) is 0 Å². The molecule has 1 aliphatic rings. The van der Waals surface area contributed by atoms with Crippen LogP contribution in [-0.4, -0.2) is 38.9 Å².